The number of amides is 3. The van der Waals surface area contributed by atoms with Crippen LogP contribution in [0.4, 0.5) is 10.7 Å². The first-order chi connectivity index (χ1) is 21.2. The van der Waals surface area contributed by atoms with Crippen LogP contribution in [0.3, 0.4) is 0 Å². The molecule has 1 aromatic heterocycles. The van der Waals surface area contributed by atoms with E-state index < -0.39 is 30.1 Å². The summed E-state index contributed by atoms with van der Waals surface area (Å²) in [5, 5.41) is 18.9. The van der Waals surface area contributed by atoms with Gasteiger partial charge < -0.3 is 36.1 Å². The van der Waals surface area contributed by atoms with Crippen LogP contribution in [0.25, 0.3) is 11.0 Å². The molecule has 0 unspecified atom stereocenters. The molecule has 4 saturated carbocycles. The van der Waals surface area contributed by atoms with E-state index in [1.54, 1.807) is 0 Å². The third kappa shape index (κ3) is 6.74. The molecule has 7 N–H and O–H groups in total. The van der Waals surface area contributed by atoms with Gasteiger partial charge in [0.05, 0.1) is 24.2 Å². The summed E-state index contributed by atoms with van der Waals surface area (Å²) in [5.41, 5.74) is 1.82. The first-order valence-electron chi connectivity index (χ1n) is 15.4. The number of nitrogens with one attached hydrogen (secondary N) is 5. The van der Waals surface area contributed by atoms with Crippen LogP contribution >= 0.6 is 12.2 Å². The van der Waals surface area contributed by atoms with Crippen molar-refractivity contribution in [3.63, 3.8) is 0 Å². The third-order valence-corrected chi connectivity index (χ3v) is 9.88. The average molecular weight is 627 g/mol. The van der Waals surface area contributed by atoms with Gasteiger partial charge in [0.15, 0.2) is 5.11 Å². The van der Waals surface area contributed by atoms with Crippen molar-refractivity contribution >= 4 is 58.2 Å². The zero-order valence-corrected chi connectivity index (χ0v) is 25.3. The number of nitrogens with zero attached hydrogens (tertiary/aromatic N) is 2. The Labute approximate surface area is 260 Å². The molecule has 7 rings (SSSR count). The Kier molecular flexibility index (Phi) is 8.61. The van der Waals surface area contributed by atoms with Crippen LogP contribution in [0.15, 0.2) is 24.3 Å². The number of rotatable bonds is 13. The summed E-state index contributed by atoms with van der Waals surface area (Å²) in [4.78, 5) is 58.9. The highest BCUT2D eigenvalue weighted by Crippen LogP contribution is 2.60. The number of imidazole rings is 1. The van der Waals surface area contributed by atoms with E-state index in [0.717, 1.165) is 48.0 Å². The quantitative estimate of drug-likeness (QED) is 0.125. The Bertz CT molecular complexity index is 1380. The van der Waals surface area contributed by atoms with Crippen LogP contribution in [-0.4, -0.2) is 87.3 Å². The van der Waals surface area contributed by atoms with Crippen molar-refractivity contribution in [2.75, 3.05) is 31.6 Å². The molecule has 44 heavy (non-hydrogen) atoms. The summed E-state index contributed by atoms with van der Waals surface area (Å²) in [6.45, 7) is 0.256. The van der Waals surface area contributed by atoms with Gasteiger partial charge in [0.1, 0.15) is 12.6 Å². The van der Waals surface area contributed by atoms with Crippen molar-refractivity contribution in [1.82, 2.24) is 30.8 Å². The molecule has 3 amide bonds. The highest BCUT2D eigenvalue weighted by atomic mass is 32.1. The SMILES string of the molecule is O=C(CN1C(=O)[C@H](CCCNc2nc3ccccc3[nH]2)NC1=S)NC[C@H](NC(=O)OCC12CC3CC(CC(C3)C1)C2)C(=O)[OH2+]. The van der Waals surface area contributed by atoms with E-state index in [2.05, 4.69) is 31.2 Å². The number of anilines is 1. The predicted octanol–water partition coefficient (Wildman–Crippen LogP) is 1.52. The molecule has 1 aromatic carbocycles. The summed E-state index contributed by atoms with van der Waals surface area (Å²) in [6, 6.07) is 5.89. The first kappa shape index (κ1) is 30.1. The van der Waals surface area contributed by atoms with Crippen LogP contribution < -0.4 is 21.3 Å². The molecule has 14 heteroatoms. The van der Waals surface area contributed by atoms with Crippen LogP contribution in [0.1, 0.15) is 51.4 Å². The molecular formula is C30H40N7O6S+. The maximum absolute atomic E-state index is 12.9. The summed E-state index contributed by atoms with van der Waals surface area (Å²) >= 11 is 5.29. The van der Waals surface area contributed by atoms with Crippen molar-refractivity contribution in [3.05, 3.63) is 24.3 Å². The second-order valence-electron chi connectivity index (χ2n) is 13.0. The summed E-state index contributed by atoms with van der Waals surface area (Å²) in [7, 11) is 0. The van der Waals surface area contributed by atoms with Crippen LogP contribution in [-0.2, 0) is 19.1 Å². The zero-order chi connectivity index (χ0) is 30.8. The van der Waals surface area contributed by atoms with Crippen LogP contribution in [0.5, 0.6) is 0 Å². The summed E-state index contributed by atoms with van der Waals surface area (Å²) < 4.78 is 5.55. The number of aromatic amines is 1. The molecule has 0 spiro atoms. The molecule has 4 bridgehead atoms. The first-order valence-corrected chi connectivity index (χ1v) is 15.8. The normalized spacial score (nSPS) is 27.7. The number of carbonyl (C=O) groups excluding carboxylic acids is 4. The minimum Gasteiger partial charge on any atom is -0.563 e. The number of hydrogen-bond acceptors (Lipinski definition) is 8. The molecule has 1 aliphatic heterocycles. The maximum atomic E-state index is 12.9. The molecular weight excluding hydrogens is 586 g/mol. The van der Waals surface area contributed by atoms with Crippen molar-refractivity contribution in [3.8, 4) is 0 Å². The highest BCUT2D eigenvalue weighted by Gasteiger charge is 2.51. The van der Waals surface area contributed by atoms with Gasteiger partial charge in [-0.15, -0.1) is 0 Å². The predicted molar refractivity (Wildman–Crippen MR) is 166 cm³/mol. The number of carbonyl (C=O) groups is 4. The lowest BCUT2D eigenvalue weighted by atomic mass is 9.50. The standard InChI is InChI=1S/C30H39N7O6S/c38-24(15-37-25(39)22(35-28(37)44)6-3-7-31-27-33-20-4-1-2-5-21(20)34-27)32-14-23(26(40)41)36-29(42)43-16-30-11-17-8-18(12-30)10-19(9-17)13-30/h1-2,4-5,17-19,22-23H,3,6-16H2,(H,32,38)(H,35,44)(H,36,42)(H,40,41)(H2,31,33,34)/p+1/t17?,18?,19?,22-,23-,30?/m0/s1. The summed E-state index contributed by atoms with van der Waals surface area (Å²) in [6.07, 6.45) is 7.47. The van der Waals surface area contributed by atoms with Gasteiger partial charge in [-0.05, 0) is 93.5 Å². The van der Waals surface area contributed by atoms with Gasteiger partial charge in [-0.1, -0.05) is 12.1 Å². The van der Waals surface area contributed by atoms with Crippen LogP contribution in [0.2, 0.25) is 0 Å². The van der Waals surface area contributed by atoms with Gasteiger partial charge in [-0.25, -0.2) is 9.78 Å². The van der Waals surface area contributed by atoms with Crippen molar-refractivity contribution in [1.29, 1.82) is 0 Å². The molecule has 1 saturated heterocycles. The molecule has 5 fully saturated rings. The van der Waals surface area contributed by atoms with Crippen LogP contribution in [0, 0.1) is 23.2 Å². The number of aromatic nitrogens is 2. The second-order valence-corrected chi connectivity index (χ2v) is 13.3. The van der Waals surface area contributed by atoms with Gasteiger partial charge in [-0.2, -0.15) is 0 Å². The van der Waals surface area contributed by atoms with Crippen molar-refractivity contribution in [2.45, 2.75) is 63.5 Å². The minimum absolute atomic E-state index is 0.0262. The maximum Gasteiger partial charge on any atom is 0.540 e. The second kappa shape index (κ2) is 12.6. The van der Waals surface area contributed by atoms with E-state index >= 15 is 0 Å². The van der Waals surface area contributed by atoms with Crippen molar-refractivity contribution < 1.29 is 29.0 Å². The highest BCUT2D eigenvalue weighted by molar-refractivity contribution is 7.80. The molecule has 4 aliphatic carbocycles. The smallest absolute Gasteiger partial charge is 0.540 e. The number of para-hydroxylation sites is 2. The number of fused-ring (bicyclic) bond motifs is 1. The van der Waals surface area contributed by atoms with Gasteiger partial charge in [0.2, 0.25) is 17.9 Å². The molecule has 2 heterocycles. The number of alkyl carbamates (subject to hydrolysis) is 1. The molecule has 236 valence electrons. The fourth-order valence-electron chi connectivity index (χ4n) is 7.97. The van der Waals surface area contributed by atoms with Gasteiger partial charge in [-0.3, -0.25) is 14.5 Å². The van der Waals surface area contributed by atoms with E-state index in [-0.39, 0.29) is 29.5 Å². The number of hydrogen-bond donors (Lipinski definition) is 5. The van der Waals surface area contributed by atoms with Crippen molar-refractivity contribution in [2.24, 2.45) is 23.2 Å². The van der Waals surface area contributed by atoms with E-state index in [1.807, 2.05) is 24.3 Å². The van der Waals surface area contributed by atoms with Gasteiger partial charge in [0.25, 0.3) is 5.91 Å². The monoisotopic (exact) mass is 626 g/mol. The van der Waals surface area contributed by atoms with E-state index in [0.29, 0.717) is 31.9 Å². The molecule has 0 radical (unpaired) electrons. The minimum atomic E-state index is -1.27. The Balaban J connectivity index is 0.908. The van der Waals surface area contributed by atoms with E-state index in [9.17, 15) is 19.2 Å². The lowest BCUT2D eigenvalue weighted by molar-refractivity contribution is -0.139. The fourth-order valence-corrected chi connectivity index (χ4v) is 8.26. The number of thiocarbonyl (C=S) groups is 1. The summed E-state index contributed by atoms with van der Waals surface area (Å²) in [5.74, 6) is 0.882. The number of H-pyrrole nitrogens is 1. The molecule has 2 atom stereocenters. The Morgan fingerprint density at radius 3 is 2.52 bits per heavy atom. The Morgan fingerprint density at radius 2 is 1.84 bits per heavy atom. The van der Waals surface area contributed by atoms with E-state index in [4.69, 9.17) is 22.1 Å². The fraction of sp³-hybridized carbons (Fsp3) is 0.600. The lowest BCUT2D eigenvalue weighted by Gasteiger charge is -2.56. The Hall–Kier alpha value is -3.94. The van der Waals surface area contributed by atoms with Gasteiger partial charge in [0, 0.05) is 16.8 Å². The third-order valence-electron chi connectivity index (χ3n) is 9.55. The molecule has 13 nitrogen and oxygen atoms in total. The molecule has 2 aromatic rings. The molecule has 5 aliphatic rings. The number of ether oxygens (including phenoxy) is 1. The lowest BCUT2D eigenvalue weighted by Crippen LogP contribution is -2.52. The Morgan fingerprint density at radius 1 is 1.14 bits per heavy atom. The van der Waals surface area contributed by atoms with E-state index in [1.165, 1.54) is 24.2 Å². The van der Waals surface area contributed by atoms with Gasteiger partial charge >= 0.3 is 12.1 Å². The average Bonchev–Trinajstić information content (AvgIpc) is 3.51. The topological polar surface area (TPSA) is 180 Å². The zero-order valence-electron chi connectivity index (χ0n) is 24.5. The largest absolute Gasteiger partial charge is 0.563 e. The number of benzene rings is 1.